The summed E-state index contributed by atoms with van der Waals surface area (Å²) in [6.45, 7) is 3.99. The number of hydrogen-bond acceptors (Lipinski definition) is 4. The van der Waals surface area contributed by atoms with Crippen LogP contribution in [-0.4, -0.2) is 43.6 Å². The lowest BCUT2D eigenvalue weighted by Crippen LogP contribution is -3.15. The predicted molar refractivity (Wildman–Crippen MR) is 100 cm³/mol. The third kappa shape index (κ3) is 5.17. The Morgan fingerprint density at radius 3 is 2.58 bits per heavy atom. The van der Waals surface area contributed by atoms with E-state index in [1.807, 2.05) is 0 Å². The van der Waals surface area contributed by atoms with E-state index >= 15 is 0 Å². The Morgan fingerprint density at radius 2 is 1.85 bits per heavy atom. The Hall–Kier alpha value is -2.15. The number of piperidine rings is 1. The molecular weight excluding hydrogens is 332 g/mol. The minimum absolute atomic E-state index is 0.0774. The van der Waals surface area contributed by atoms with Crippen molar-refractivity contribution < 1.29 is 14.6 Å². The molecule has 1 aromatic rings. The first-order chi connectivity index (χ1) is 12.6. The second-order valence-electron chi connectivity index (χ2n) is 7.55. The largest absolute Gasteiger partial charge is 0.383 e. The highest BCUT2D eigenvalue weighted by molar-refractivity contribution is 5.76. The van der Waals surface area contributed by atoms with Gasteiger partial charge < -0.3 is 15.5 Å². The number of carbonyl (C=O) groups excluding carboxylic acids is 1. The van der Waals surface area contributed by atoms with E-state index in [1.165, 1.54) is 49.1 Å². The Kier molecular flexibility index (Phi) is 6.44. The molecule has 2 fully saturated rings. The molecule has 2 aliphatic rings. The van der Waals surface area contributed by atoms with Gasteiger partial charge in [0, 0.05) is 36.8 Å². The summed E-state index contributed by atoms with van der Waals surface area (Å²) in [4.78, 5) is 23.8. The molecule has 3 N–H and O–H groups in total. The maximum atomic E-state index is 12.2. The van der Waals surface area contributed by atoms with Gasteiger partial charge in [-0.05, 0) is 37.3 Å². The van der Waals surface area contributed by atoms with Crippen molar-refractivity contribution in [1.82, 2.24) is 5.32 Å². The molecule has 1 aromatic carbocycles. The van der Waals surface area contributed by atoms with E-state index < -0.39 is 4.92 Å². The van der Waals surface area contributed by atoms with Gasteiger partial charge in [0.2, 0.25) is 0 Å². The molecule has 142 valence electrons. The fraction of sp³-hybridized carbons (Fsp3) is 0.632. The van der Waals surface area contributed by atoms with Gasteiger partial charge in [-0.25, -0.2) is 0 Å². The molecule has 0 spiro atoms. The van der Waals surface area contributed by atoms with E-state index in [1.54, 1.807) is 12.1 Å². The molecule has 0 aromatic heterocycles. The maximum absolute atomic E-state index is 12.2. The molecule has 1 saturated heterocycles. The number of nitrogens with one attached hydrogen (secondary N) is 3. The van der Waals surface area contributed by atoms with Gasteiger partial charge in [0.15, 0.2) is 6.54 Å². The van der Waals surface area contributed by atoms with Gasteiger partial charge in [0.05, 0.1) is 18.0 Å². The highest BCUT2D eigenvalue weighted by Gasteiger charge is 2.34. The number of carbonyl (C=O) groups is 1. The lowest BCUT2D eigenvalue weighted by atomic mass is 9.75. The van der Waals surface area contributed by atoms with Gasteiger partial charge in [0.1, 0.15) is 0 Å². The number of nitro benzene ring substituents is 1. The molecule has 1 aliphatic carbocycles. The van der Waals surface area contributed by atoms with Crippen LogP contribution >= 0.6 is 0 Å². The molecule has 7 nitrogen and oxygen atoms in total. The Morgan fingerprint density at radius 1 is 1.12 bits per heavy atom. The number of likely N-dealkylation sites (tertiary alicyclic amines) is 1. The van der Waals surface area contributed by atoms with Crippen LogP contribution < -0.4 is 15.5 Å². The number of nitrogens with zero attached hydrogens (tertiary/aromatic N) is 1. The van der Waals surface area contributed by atoms with Crippen LogP contribution in [0, 0.1) is 22.0 Å². The zero-order chi connectivity index (χ0) is 18.4. The molecule has 1 amide bonds. The first kappa shape index (κ1) is 18.6. The topological polar surface area (TPSA) is 88.7 Å². The van der Waals surface area contributed by atoms with Crippen LogP contribution in [0.25, 0.3) is 0 Å². The second-order valence-corrected chi connectivity index (χ2v) is 7.55. The number of amides is 1. The van der Waals surface area contributed by atoms with Crippen LogP contribution in [0.15, 0.2) is 24.3 Å². The molecular formula is C19H29N4O3+. The Labute approximate surface area is 154 Å². The summed E-state index contributed by atoms with van der Waals surface area (Å²) in [5.74, 6) is 1.84. The fourth-order valence-electron chi connectivity index (χ4n) is 4.36. The van der Waals surface area contributed by atoms with Gasteiger partial charge in [-0.2, -0.15) is 0 Å². The molecule has 7 heteroatoms. The molecule has 1 aliphatic heterocycles. The minimum Gasteiger partial charge on any atom is -0.383 e. The van der Waals surface area contributed by atoms with E-state index in [2.05, 4.69) is 10.6 Å². The van der Waals surface area contributed by atoms with Crippen LogP contribution in [0.4, 0.5) is 11.4 Å². The highest BCUT2D eigenvalue weighted by Crippen LogP contribution is 2.32. The standard InChI is InChI=1S/C19H28N4O3/c24-19(14-22-12-9-15-3-1-2-4-16(15)13-22)21-11-10-20-17-5-7-18(8-6-17)23(25)26/h5-8,15-16,20H,1-4,9-14H2,(H,21,24)/p+1/t15-,16+/m0/s1. The molecule has 26 heavy (non-hydrogen) atoms. The quantitative estimate of drug-likeness (QED) is 0.387. The van der Waals surface area contributed by atoms with Crippen molar-refractivity contribution in [3.05, 3.63) is 34.4 Å². The van der Waals surface area contributed by atoms with E-state index in [-0.39, 0.29) is 11.6 Å². The molecule has 3 atom stereocenters. The maximum Gasteiger partial charge on any atom is 0.275 e. The van der Waals surface area contributed by atoms with Crippen molar-refractivity contribution in [1.29, 1.82) is 0 Å². The first-order valence-corrected chi connectivity index (χ1v) is 9.70. The zero-order valence-electron chi connectivity index (χ0n) is 15.2. The number of non-ortho nitro benzene ring substituents is 1. The summed E-state index contributed by atoms with van der Waals surface area (Å²) in [6, 6.07) is 6.30. The number of fused-ring (bicyclic) bond motifs is 1. The van der Waals surface area contributed by atoms with Gasteiger partial charge >= 0.3 is 0 Å². The van der Waals surface area contributed by atoms with E-state index in [0.29, 0.717) is 19.6 Å². The van der Waals surface area contributed by atoms with Crippen LogP contribution in [-0.2, 0) is 4.79 Å². The van der Waals surface area contributed by atoms with Gasteiger partial charge in [-0.1, -0.05) is 12.8 Å². The van der Waals surface area contributed by atoms with Crippen molar-refractivity contribution in [3.8, 4) is 0 Å². The van der Waals surface area contributed by atoms with Crippen molar-refractivity contribution in [2.24, 2.45) is 11.8 Å². The SMILES string of the molecule is O=C(C[NH+]1CC[C@@H]2CCCC[C@@H]2C1)NCCNc1ccc([N+](=O)[O-])cc1. The van der Waals surface area contributed by atoms with E-state index in [9.17, 15) is 14.9 Å². The third-order valence-corrected chi connectivity index (χ3v) is 5.75. The third-order valence-electron chi connectivity index (χ3n) is 5.75. The van der Waals surface area contributed by atoms with Crippen LogP contribution in [0.5, 0.6) is 0 Å². The van der Waals surface area contributed by atoms with Gasteiger partial charge in [-0.3, -0.25) is 14.9 Å². The van der Waals surface area contributed by atoms with Gasteiger partial charge in [0.25, 0.3) is 11.6 Å². The summed E-state index contributed by atoms with van der Waals surface area (Å²) in [5.41, 5.74) is 0.892. The first-order valence-electron chi connectivity index (χ1n) is 9.70. The van der Waals surface area contributed by atoms with Crippen molar-refractivity contribution in [3.63, 3.8) is 0 Å². The van der Waals surface area contributed by atoms with Crippen molar-refractivity contribution in [2.45, 2.75) is 32.1 Å². The van der Waals surface area contributed by atoms with Crippen molar-refractivity contribution in [2.75, 3.05) is 38.0 Å². The van der Waals surface area contributed by atoms with Crippen molar-refractivity contribution >= 4 is 17.3 Å². The molecule has 1 heterocycles. The predicted octanol–water partition coefficient (Wildman–Crippen LogP) is 1.22. The molecule has 1 unspecified atom stereocenters. The Bertz CT molecular complexity index is 620. The number of anilines is 1. The number of rotatable bonds is 7. The molecule has 1 saturated carbocycles. The van der Waals surface area contributed by atoms with Crippen LogP contribution in [0.3, 0.4) is 0 Å². The average Bonchev–Trinajstić information content (AvgIpc) is 2.65. The Balaban J connectivity index is 1.32. The number of nitro groups is 1. The smallest absolute Gasteiger partial charge is 0.275 e. The lowest BCUT2D eigenvalue weighted by molar-refractivity contribution is -0.902. The molecule has 3 rings (SSSR count). The number of hydrogen-bond donors (Lipinski definition) is 3. The number of quaternary nitrogens is 1. The normalized spacial score (nSPS) is 25.2. The second kappa shape index (κ2) is 8.98. The summed E-state index contributed by atoms with van der Waals surface area (Å²) >= 11 is 0. The fourth-order valence-corrected chi connectivity index (χ4v) is 4.36. The summed E-state index contributed by atoms with van der Waals surface area (Å²) in [6.07, 6.45) is 6.75. The highest BCUT2D eigenvalue weighted by atomic mass is 16.6. The molecule has 0 radical (unpaired) electrons. The monoisotopic (exact) mass is 361 g/mol. The summed E-state index contributed by atoms with van der Waals surface area (Å²) in [5, 5.41) is 16.8. The average molecular weight is 361 g/mol. The lowest BCUT2D eigenvalue weighted by Gasteiger charge is -2.38. The van der Waals surface area contributed by atoms with Gasteiger partial charge in [-0.15, -0.1) is 0 Å². The summed E-state index contributed by atoms with van der Waals surface area (Å²) in [7, 11) is 0. The molecule has 0 bridgehead atoms. The van der Waals surface area contributed by atoms with E-state index in [4.69, 9.17) is 0 Å². The summed E-state index contributed by atoms with van der Waals surface area (Å²) < 4.78 is 0. The van der Waals surface area contributed by atoms with Crippen LogP contribution in [0.2, 0.25) is 0 Å². The van der Waals surface area contributed by atoms with Crippen LogP contribution in [0.1, 0.15) is 32.1 Å². The number of benzene rings is 1. The zero-order valence-corrected chi connectivity index (χ0v) is 15.2. The minimum atomic E-state index is -0.414. The van der Waals surface area contributed by atoms with E-state index in [0.717, 1.165) is 30.6 Å².